The van der Waals surface area contributed by atoms with Gasteiger partial charge in [0.15, 0.2) is 0 Å². The Morgan fingerprint density at radius 1 is 0.353 bits per heavy atom. The highest BCUT2D eigenvalue weighted by atomic mass is 16.3. The van der Waals surface area contributed by atoms with Crippen molar-refractivity contribution in [1.82, 2.24) is 0 Å². The van der Waals surface area contributed by atoms with Crippen molar-refractivity contribution in [2.24, 2.45) is 0 Å². The molecule has 0 aliphatic heterocycles. The first-order valence-electron chi connectivity index (χ1n) is 12.7. The Balaban J connectivity index is 1.72. The zero-order chi connectivity index (χ0) is 24.6. The standard InChI is InChI=1S/C32H38O2/c1-15-16(2)18(4)24-10-26-20(6)28-12-30-22(8)32(14-34)31(13-33)21(7)29(30)11-27(28)19(5)25(26)9-23(24)17(15)3/h33-34H,9-14H2,1-8H3. The predicted octanol–water partition coefficient (Wildman–Crippen LogP) is 6.13. The summed E-state index contributed by atoms with van der Waals surface area (Å²) in [5, 5.41) is 20.2. The number of aliphatic hydroxyl groups is 2. The van der Waals surface area contributed by atoms with Crippen LogP contribution in [0, 0.1) is 55.4 Å². The third-order valence-electron chi connectivity index (χ3n) is 9.77. The van der Waals surface area contributed by atoms with Gasteiger partial charge in [0.1, 0.15) is 0 Å². The lowest BCUT2D eigenvalue weighted by molar-refractivity contribution is 0.258. The molecule has 0 aromatic heterocycles. The highest BCUT2D eigenvalue weighted by molar-refractivity contribution is 5.66. The van der Waals surface area contributed by atoms with Crippen LogP contribution in [0.15, 0.2) is 0 Å². The molecular weight excluding hydrogens is 416 g/mol. The second-order valence-electron chi connectivity index (χ2n) is 10.8. The first-order valence-corrected chi connectivity index (χ1v) is 12.7. The van der Waals surface area contributed by atoms with Crippen molar-refractivity contribution >= 4 is 0 Å². The number of aliphatic hydroxyl groups excluding tert-OH is 2. The average molecular weight is 455 g/mol. The summed E-state index contributed by atoms with van der Waals surface area (Å²) in [7, 11) is 0. The Morgan fingerprint density at radius 3 is 0.853 bits per heavy atom. The highest BCUT2D eigenvalue weighted by Crippen LogP contribution is 2.44. The molecule has 0 spiro atoms. The van der Waals surface area contributed by atoms with Crippen LogP contribution in [0.2, 0.25) is 0 Å². The molecule has 0 saturated carbocycles. The van der Waals surface area contributed by atoms with Crippen molar-refractivity contribution in [3.63, 3.8) is 0 Å². The Morgan fingerprint density at radius 2 is 0.588 bits per heavy atom. The lowest BCUT2D eigenvalue weighted by atomic mass is 9.70. The van der Waals surface area contributed by atoms with Gasteiger partial charge in [-0.3, -0.25) is 0 Å². The van der Waals surface area contributed by atoms with Gasteiger partial charge in [-0.15, -0.1) is 0 Å². The van der Waals surface area contributed by atoms with E-state index in [1.54, 1.807) is 22.3 Å². The Kier molecular flexibility index (Phi) is 5.54. The van der Waals surface area contributed by atoms with Crippen LogP contribution in [-0.2, 0) is 38.9 Å². The van der Waals surface area contributed by atoms with Gasteiger partial charge in [-0.2, -0.15) is 0 Å². The average Bonchev–Trinajstić information content (AvgIpc) is 2.85. The molecule has 178 valence electrons. The topological polar surface area (TPSA) is 40.5 Å². The van der Waals surface area contributed by atoms with Gasteiger partial charge >= 0.3 is 0 Å². The molecule has 2 nitrogen and oxygen atoms in total. The van der Waals surface area contributed by atoms with Crippen LogP contribution in [0.3, 0.4) is 0 Å². The first-order chi connectivity index (χ1) is 16.1. The minimum atomic E-state index is -0.0148. The molecular formula is C32H38O2. The molecule has 2 heteroatoms. The number of rotatable bonds is 2. The largest absolute Gasteiger partial charge is 0.392 e. The molecule has 0 fully saturated rings. The maximum Gasteiger partial charge on any atom is 0.0688 e. The van der Waals surface area contributed by atoms with Crippen molar-refractivity contribution in [2.75, 3.05) is 0 Å². The summed E-state index contributed by atoms with van der Waals surface area (Å²) in [4.78, 5) is 0. The fourth-order valence-electron chi connectivity index (χ4n) is 7.06. The summed E-state index contributed by atoms with van der Waals surface area (Å²) in [6, 6.07) is 0. The maximum absolute atomic E-state index is 10.1. The molecule has 0 radical (unpaired) electrons. The van der Waals surface area contributed by atoms with Crippen LogP contribution in [0.1, 0.15) is 100 Å². The zero-order valence-electron chi connectivity index (χ0n) is 22.1. The molecule has 3 aromatic carbocycles. The maximum atomic E-state index is 10.1. The highest BCUT2D eigenvalue weighted by Gasteiger charge is 2.31. The second kappa shape index (κ2) is 8.07. The van der Waals surface area contributed by atoms with Crippen molar-refractivity contribution in [1.29, 1.82) is 0 Å². The van der Waals surface area contributed by atoms with Gasteiger partial charge < -0.3 is 10.2 Å². The number of hydrogen-bond donors (Lipinski definition) is 2. The van der Waals surface area contributed by atoms with E-state index in [-0.39, 0.29) is 13.2 Å². The first kappa shape index (κ1) is 23.3. The van der Waals surface area contributed by atoms with Crippen LogP contribution in [-0.4, -0.2) is 10.2 Å². The van der Waals surface area contributed by atoms with Gasteiger partial charge in [0, 0.05) is 0 Å². The van der Waals surface area contributed by atoms with Crippen LogP contribution >= 0.6 is 0 Å². The fourth-order valence-corrected chi connectivity index (χ4v) is 7.06. The van der Waals surface area contributed by atoms with E-state index in [0.29, 0.717) is 0 Å². The monoisotopic (exact) mass is 454 g/mol. The number of hydrogen-bond acceptors (Lipinski definition) is 2. The zero-order valence-corrected chi connectivity index (χ0v) is 22.1. The quantitative estimate of drug-likeness (QED) is 0.337. The second-order valence-corrected chi connectivity index (χ2v) is 10.8. The summed E-state index contributed by atoms with van der Waals surface area (Å²) >= 11 is 0. The van der Waals surface area contributed by atoms with Gasteiger partial charge in [-0.05, 0) is 181 Å². The molecule has 0 atom stereocenters. The van der Waals surface area contributed by atoms with Crippen LogP contribution in [0.25, 0.3) is 0 Å². The lowest BCUT2D eigenvalue weighted by Crippen LogP contribution is -2.22. The summed E-state index contributed by atoms with van der Waals surface area (Å²) < 4.78 is 0. The molecule has 0 heterocycles. The predicted molar refractivity (Wildman–Crippen MR) is 140 cm³/mol. The third kappa shape index (κ3) is 3.01. The molecule has 34 heavy (non-hydrogen) atoms. The van der Waals surface area contributed by atoms with Crippen molar-refractivity contribution in [3.8, 4) is 0 Å². The molecule has 0 amide bonds. The van der Waals surface area contributed by atoms with E-state index >= 15 is 0 Å². The Labute approximate surface area is 204 Å². The van der Waals surface area contributed by atoms with Crippen molar-refractivity contribution < 1.29 is 10.2 Å². The van der Waals surface area contributed by atoms with Crippen LogP contribution in [0.5, 0.6) is 0 Å². The Bertz CT molecular complexity index is 1280. The summed E-state index contributed by atoms with van der Waals surface area (Å²) in [5.74, 6) is 0. The molecule has 2 aliphatic carbocycles. The van der Waals surface area contributed by atoms with Gasteiger partial charge in [-0.1, -0.05) is 0 Å². The van der Waals surface area contributed by atoms with Gasteiger partial charge in [0.05, 0.1) is 13.2 Å². The summed E-state index contributed by atoms with van der Waals surface area (Å²) in [5.41, 5.74) is 24.8. The smallest absolute Gasteiger partial charge is 0.0688 e. The molecule has 3 aromatic rings. The molecule has 2 N–H and O–H groups in total. The number of fused-ring (bicyclic) bond motifs is 4. The molecule has 2 aliphatic rings. The molecule has 0 unspecified atom stereocenters. The number of benzene rings is 3. The van der Waals surface area contributed by atoms with Crippen molar-refractivity contribution in [2.45, 2.75) is 94.3 Å². The summed E-state index contributed by atoms with van der Waals surface area (Å²) in [6.45, 7) is 18.1. The Hall–Kier alpha value is -2.42. The normalized spacial score (nSPS) is 13.9. The van der Waals surface area contributed by atoms with E-state index in [4.69, 9.17) is 0 Å². The fraction of sp³-hybridized carbons (Fsp3) is 0.438. The van der Waals surface area contributed by atoms with E-state index < -0.39 is 0 Å². The molecule has 0 saturated heterocycles. The van der Waals surface area contributed by atoms with E-state index in [1.165, 1.54) is 55.6 Å². The van der Waals surface area contributed by atoms with E-state index in [2.05, 4.69) is 55.4 Å². The third-order valence-corrected chi connectivity index (χ3v) is 9.77. The lowest BCUT2D eigenvalue weighted by Gasteiger charge is -2.34. The van der Waals surface area contributed by atoms with Gasteiger partial charge in [0.25, 0.3) is 0 Å². The van der Waals surface area contributed by atoms with Gasteiger partial charge in [-0.25, -0.2) is 0 Å². The van der Waals surface area contributed by atoms with Gasteiger partial charge in [0.2, 0.25) is 0 Å². The minimum Gasteiger partial charge on any atom is -0.392 e. The molecule has 0 bridgehead atoms. The van der Waals surface area contributed by atoms with E-state index in [9.17, 15) is 10.2 Å². The van der Waals surface area contributed by atoms with E-state index in [0.717, 1.165) is 47.9 Å². The molecule has 5 rings (SSSR count). The van der Waals surface area contributed by atoms with E-state index in [1.807, 2.05) is 0 Å². The minimum absolute atomic E-state index is 0.0148. The summed E-state index contributed by atoms with van der Waals surface area (Å²) in [6.07, 6.45) is 3.92. The van der Waals surface area contributed by atoms with Crippen LogP contribution in [0.4, 0.5) is 0 Å². The van der Waals surface area contributed by atoms with Crippen molar-refractivity contribution in [3.05, 3.63) is 100 Å². The van der Waals surface area contributed by atoms with Crippen LogP contribution < -0.4 is 0 Å². The SMILES string of the molecule is Cc1c(C)c(C)c2c(c1C)Cc1c(C)c3c(c(C)c1C2)Cc1c(C)c(CO)c(CO)c(C)c1C3.